The Hall–Kier alpha value is -1.78. The van der Waals surface area contributed by atoms with E-state index in [2.05, 4.69) is 26.2 Å². The maximum Gasteiger partial charge on any atom is 0.208 e. The molecular formula is C12H17N5. The summed E-state index contributed by atoms with van der Waals surface area (Å²) in [5.41, 5.74) is 0. The summed E-state index contributed by atoms with van der Waals surface area (Å²) in [7, 11) is 1.92. The number of hydrogen-bond acceptors (Lipinski definition) is 3. The first-order valence-corrected chi connectivity index (χ1v) is 6.12. The van der Waals surface area contributed by atoms with Crippen LogP contribution in [-0.2, 0) is 7.05 Å². The predicted molar refractivity (Wildman–Crippen MR) is 66.2 cm³/mol. The Bertz CT molecular complexity index is 492. The highest BCUT2D eigenvalue weighted by Gasteiger charge is 2.19. The molecule has 1 aliphatic carbocycles. The van der Waals surface area contributed by atoms with Crippen molar-refractivity contribution in [2.75, 3.05) is 5.32 Å². The molecule has 90 valence electrons. The molecule has 0 amide bonds. The largest absolute Gasteiger partial charge is 0.314 e. The summed E-state index contributed by atoms with van der Waals surface area (Å²) >= 11 is 0. The zero-order chi connectivity index (χ0) is 11.7. The van der Waals surface area contributed by atoms with Crippen LogP contribution in [0.3, 0.4) is 0 Å². The van der Waals surface area contributed by atoms with Crippen LogP contribution in [0.25, 0.3) is 0 Å². The Morgan fingerprint density at radius 2 is 2.12 bits per heavy atom. The summed E-state index contributed by atoms with van der Waals surface area (Å²) in [5, 5.41) is 7.47. The summed E-state index contributed by atoms with van der Waals surface area (Å²) in [4.78, 5) is 4.39. The van der Waals surface area contributed by atoms with Crippen LogP contribution in [-0.4, -0.2) is 19.3 Å². The first-order valence-electron chi connectivity index (χ1n) is 6.12. The normalized spacial score (nSPS) is 16.5. The molecule has 5 heteroatoms. The van der Waals surface area contributed by atoms with Crippen molar-refractivity contribution in [3.63, 3.8) is 0 Å². The van der Waals surface area contributed by atoms with Crippen molar-refractivity contribution >= 4 is 11.8 Å². The van der Waals surface area contributed by atoms with E-state index < -0.39 is 0 Å². The number of nitrogens with one attached hydrogen (secondary N) is 1. The lowest BCUT2D eigenvalue weighted by atomic mass is 10.2. The maximum atomic E-state index is 4.39. The Morgan fingerprint density at radius 1 is 1.29 bits per heavy atom. The second-order valence-electron chi connectivity index (χ2n) is 4.56. The minimum absolute atomic E-state index is 0.605. The van der Waals surface area contributed by atoms with Gasteiger partial charge >= 0.3 is 0 Å². The molecule has 0 atom stereocenters. The molecule has 0 bridgehead atoms. The molecule has 1 N–H and O–H groups in total. The van der Waals surface area contributed by atoms with Crippen LogP contribution in [0.1, 0.15) is 31.7 Å². The van der Waals surface area contributed by atoms with Gasteiger partial charge in [-0.3, -0.25) is 4.68 Å². The SMILES string of the molecule is Cn1nccc1Nc1nccn1C1CCCC1. The third-order valence-corrected chi connectivity index (χ3v) is 3.45. The van der Waals surface area contributed by atoms with Crippen LogP contribution in [0.5, 0.6) is 0 Å². The summed E-state index contributed by atoms with van der Waals surface area (Å²) in [6, 6.07) is 2.56. The van der Waals surface area contributed by atoms with Gasteiger partial charge in [0.25, 0.3) is 0 Å². The summed E-state index contributed by atoms with van der Waals surface area (Å²) < 4.78 is 4.06. The fourth-order valence-corrected chi connectivity index (χ4v) is 2.50. The molecule has 0 unspecified atom stereocenters. The number of rotatable bonds is 3. The molecule has 0 radical (unpaired) electrons. The Kier molecular flexibility index (Phi) is 2.59. The molecule has 0 spiro atoms. The van der Waals surface area contributed by atoms with Crippen molar-refractivity contribution in [3.8, 4) is 0 Å². The quantitative estimate of drug-likeness (QED) is 0.882. The topological polar surface area (TPSA) is 47.7 Å². The van der Waals surface area contributed by atoms with E-state index in [-0.39, 0.29) is 0 Å². The Labute approximate surface area is 100 Å². The second-order valence-corrected chi connectivity index (χ2v) is 4.56. The van der Waals surface area contributed by atoms with Crippen molar-refractivity contribution in [1.82, 2.24) is 19.3 Å². The summed E-state index contributed by atoms with van der Waals surface area (Å²) in [6.07, 6.45) is 10.9. The average Bonchev–Trinajstić information content (AvgIpc) is 3.02. The molecule has 1 saturated carbocycles. The van der Waals surface area contributed by atoms with Crippen molar-refractivity contribution in [3.05, 3.63) is 24.7 Å². The van der Waals surface area contributed by atoms with Crippen LogP contribution in [0.15, 0.2) is 24.7 Å². The third kappa shape index (κ3) is 1.92. The van der Waals surface area contributed by atoms with E-state index in [9.17, 15) is 0 Å². The van der Waals surface area contributed by atoms with Crippen LogP contribution >= 0.6 is 0 Å². The van der Waals surface area contributed by atoms with E-state index in [1.165, 1.54) is 25.7 Å². The molecule has 5 nitrogen and oxygen atoms in total. The molecule has 0 aromatic carbocycles. The van der Waals surface area contributed by atoms with E-state index >= 15 is 0 Å². The van der Waals surface area contributed by atoms with Gasteiger partial charge < -0.3 is 9.88 Å². The molecule has 0 saturated heterocycles. The van der Waals surface area contributed by atoms with Gasteiger partial charge in [0, 0.05) is 31.5 Å². The Morgan fingerprint density at radius 3 is 2.82 bits per heavy atom. The average molecular weight is 231 g/mol. The van der Waals surface area contributed by atoms with Gasteiger partial charge in [0.05, 0.1) is 6.20 Å². The zero-order valence-electron chi connectivity index (χ0n) is 10.0. The molecule has 1 aliphatic rings. The lowest BCUT2D eigenvalue weighted by molar-refractivity contribution is 0.524. The van der Waals surface area contributed by atoms with Gasteiger partial charge in [-0.25, -0.2) is 4.98 Å². The van der Waals surface area contributed by atoms with Gasteiger partial charge in [0.1, 0.15) is 5.82 Å². The van der Waals surface area contributed by atoms with E-state index in [1.807, 2.05) is 24.0 Å². The van der Waals surface area contributed by atoms with Crippen molar-refractivity contribution in [2.45, 2.75) is 31.7 Å². The predicted octanol–water partition coefficient (Wildman–Crippen LogP) is 2.48. The molecule has 0 aliphatic heterocycles. The first kappa shape index (κ1) is 10.4. The van der Waals surface area contributed by atoms with Crippen molar-refractivity contribution < 1.29 is 0 Å². The summed E-state index contributed by atoms with van der Waals surface area (Å²) in [5.74, 6) is 1.89. The fourth-order valence-electron chi connectivity index (χ4n) is 2.50. The third-order valence-electron chi connectivity index (χ3n) is 3.45. The van der Waals surface area contributed by atoms with Crippen LogP contribution in [0, 0.1) is 0 Å². The second kappa shape index (κ2) is 4.24. The molecule has 2 aromatic rings. The first-order chi connectivity index (χ1) is 8.34. The van der Waals surface area contributed by atoms with Crippen molar-refractivity contribution in [2.24, 2.45) is 7.05 Å². The number of aromatic nitrogens is 4. The monoisotopic (exact) mass is 231 g/mol. The number of imidazole rings is 1. The number of anilines is 2. The highest BCUT2D eigenvalue weighted by atomic mass is 15.3. The standard InChI is InChI=1S/C12H17N5/c1-16-11(6-7-14-16)15-12-13-8-9-17(12)10-4-2-3-5-10/h6-10H,2-5H2,1H3,(H,13,15). The molecule has 1 fully saturated rings. The van der Waals surface area contributed by atoms with Crippen LogP contribution in [0.2, 0.25) is 0 Å². The molecule has 17 heavy (non-hydrogen) atoms. The number of hydrogen-bond donors (Lipinski definition) is 1. The number of aryl methyl sites for hydroxylation is 1. The van der Waals surface area contributed by atoms with E-state index in [0.29, 0.717) is 6.04 Å². The maximum absolute atomic E-state index is 4.39. The Balaban J connectivity index is 1.84. The highest BCUT2D eigenvalue weighted by Crippen LogP contribution is 2.32. The lowest BCUT2D eigenvalue weighted by Crippen LogP contribution is -2.09. The number of nitrogens with zero attached hydrogens (tertiary/aromatic N) is 4. The molecular weight excluding hydrogens is 214 g/mol. The van der Waals surface area contributed by atoms with Gasteiger partial charge in [-0.05, 0) is 12.8 Å². The van der Waals surface area contributed by atoms with Gasteiger partial charge in [0.2, 0.25) is 5.95 Å². The zero-order valence-corrected chi connectivity index (χ0v) is 10.0. The van der Waals surface area contributed by atoms with Gasteiger partial charge in [0.15, 0.2) is 0 Å². The van der Waals surface area contributed by atoms with Gasteiger partial charge in [-0.1, -0.05) is 12.8 Å². The minimum Gasteiger partial charge on any atom is -0.314 e. The molecule has 3 rings (SSSR count). The van der Waals surface area contributed by atoms with Crippen LogP contribution < -0.4 is 5.32 Å². The lowest BCUT2D eigenvalue weighted by Gasteiger charge is -2.15. The minimum atomic E-state index is 0.605. The van der Waals surface area contributed by atoms with E-state index in [4.69, 9.17) is 0 Å². The molecule has 2 aromatic heterocycles. The van der Waals surface area contributed by atoms with Gasteiger partial charge in [-0.2, -0.15) is 5.10 Å². The van der Waals surface area contributed by atoms with E-state index in [0.717, 1.165) is 11.8 Å². The van der Waals surface area contributed by atoms with Gasteiger partial charge in [-0.15, -0.1) is 0 Å². The smallest absolute Gasteiger partial charge is 0.208 e. The van der Waals surface area contributed by atoms with Crippen molar-refractivity contribution in [1.29, 1.82) is 0 Å². The fraction of sp³-hybridized carbons (Fsp3) is 0.500. The van der Waals surface area contributed by atoms with E-state index in [1.54, 1.807) is 6.20 Å². The summed E-state index contributed by atoms with van der Waals surface area (Å²) in [6.45, 7) is 0. The highest BCUT2D eigenvalue weighted by molar-refractivity contribution is 5.48. The molecule has 2 heterocycles. The van der Waals surface area contributed by atoms with Crippen LogP contribution in [0.4, 0.5) is 11.8 Å².